The molecule has 184 valence electrons. The van der Waals surface area contributed by atoms with Gasteiger partial charge in [-0.1, -0.05) is 27.7 Å². The van der Waals surface area contributed by atoms with Gasteiger partial charge in [0.05, 0.1) is 12.0 Å². The molecule has 1 aliphatic heterocycles. The Morgan fingerprint density at radius 1 is 1.09 bits per heavy atom. The molecule has 4 rings (SSSR count). The van der Waals surface area contributed by atoms with Crippen LogP contribution in [0.3, 0.4) is 0 Å². The molecule has 1 N–H and O–H groups in total. The van der Waals surface area contributed by atoms with Crippen molar-refractivity contribution in [1.82, 2.24) is 0 Å². The molecule has 3 fully saturated rings. The zero-order chi connectivity index (χ0) is 24.7. The van der Waals surface area contributed by atoms with E-state index in [1.807, 2.05) is 20.8 Å². The van der Waals surface area contributed by atoms with Gasteiger partial charge in [-0.2, -0.15) is 0 Å². The molecule has 0 spiro atoms. The SMILES string of the molecule is COC1[C@@H]2[C@H]([C@H](OC(C)=O)[C@H](C)C(=O)[C@]34C[C@@H](C)[C@@H](OC(C)=O)[C@@]3(/C=C(\C)[C@@H]1O)O4)C2(C)C. The molecular formula is C25H36O8. The quantitative estimate of drug-likeness (QED) is 0.384. The predicted octanol–water partition coefficient (Wildman–Crippen LogP) is 2.21. The van der Waals surface area contributed by atoms with Crippen molar-refractivity contribution in [3.05, 3.63) is 11.6 Å². The molecule has 3 aliphatic carbocycles. The van der Waals surface area contributed by atoms with E-state index in [1.54, 1.807) is 27.0 Å². The number of epoxide rings is 1. The molecule has 0 aromatic rings. The maximum absolute atomic E-state index is 14.0. The van der Waals surface area contributed by atoms with Gasteiger partial charge in [0.25, 0.3) is 0 Å². The second-order valence-electron chi connectivity index (χ2n) is 11.1. The molecular weight excluding hydrogens is 428 g/mol. The van der Waals surface area contributed by atoms with Gasteiger partial charge in [0, 0.05) is 32.8 Å². The minimum atomic E-state index is -1.19. The van der Waals surface area contributed by atoms with Crippen molar-refractivity contribution in [2.45, 2.75) is 90.5 Å². The summed E-state index contributed by atoms with van der Waals surface area (Å²) in [6, 6.07) is 0. The van der Waals surface area contributed by atoms with E-state index in [-0.39, 0.29) is 29.0 Å². The molecule has 1 unspecified atom stereocenters. The third kappa shape index (κ3) is 3.32. The van der Waals surface area contributed by atoms with Crippen LogP contribution in [-0.2, 0) is 33.3 Å². The number of ketones is 1. The Bertz CT molecular complexity index is 908. The Morgan fingerprint density at radius 3 is 2.21 bits per heavy atom. The number of aliphatic hydroxyl groups is 1. The highest BCUT2D eigenvalue weighted by Gasteiger charge is 2.83. The second kappa shape index (κ2) is 7.62. The van der Waals surface area contributed by atoms with Crippen molar-refractivity contribution in [2.75, 3.05) is 7.11 Å². The first-order chi connectivity index (χ1) is 15.2. The number of carbonyl (C=O) groups excluding carboxylic acids is 3. The van der Waals surface area contributed by atoms with Crippen LogP contribution in [0.2, 0.25) is 0 Å². The van der Waals surface area contributed by atoms with Crippen LogP contribution in [0.25, 0.3) is 0 Å². The molecule has 0 amide bonds. The van der Waals surface area contributed by atoms with Crippen LogP contribution >= 0.6 is 0 Å². The predicted molar refractivity (Wildman–Crippen MR) is 117 cm³/mol. The number of methoxy groups -OCH3 is 1. The number of hydrogen-bond acceptors (Lipinski definition) is 8. The monoisotopic (exact) mass is 464 g/mol. The molecule has 1 heterocycles. The summed E-state index contributed by atoms with van der Waals surface area (Å²) in [4.78, 5) is 38.0. The van der Waals surface area contributed by atoms with Gasteiger partial charge >= 0.3 is 11.9 Å². The first kappa shape index (κ1) is 24.4. The van der Waals surface area contributed by atoms with Gasteiger partial charge < -0.3 is 24.1 Å². The number of Topliss-reactive ketones (excluding diaryl/α,β-unsaturated/α-hetero) is 1. The van der Waals surface area contributed by atoms with E-state index in [0.29, 0.717) is 12.0 Å². The van der Waals surface area contributed by atoms with Gasteiger partial charge in [0.2, 0.25) is 0 Å². The van der Waals surface area contributed by atoms with Crippen molar-refractivity contribution < 1.29 is 38.4 Å². The van der Waals surface area contributed by atoms with Gasteiger partial charge in [-0.15, -0.1) is 0 Å². The van der Waals surface area contributed by atoms with E-state index in [9.17, 15) is 19.5 Å². The highest BCUT2D eigenvalue weighted by molar-refractivity contribution is 5.96. The summed E-state index contributed by atoms with van der Waals surface area (Å²) in [5, 5.41) is 11.3. The smallest absolute Gasteiger partial charge is 0.303 e. The normalized spacial score (nSPS) is 49.4. The zero-order valence-corrected chi connectivity index (χ0v) is 20.7. The summed E-state index contributed by atoms with van der Waals surface area (Å²) in [7, 11) is 1.55. The van der Waals surface area contributed by atoms with E-state index >= 15 is 0 Å². The molecule has 1 saturated heterocycles. The molecule has 0 bridgehead atoms. The van der Waals surface area contributed by atoms with E-state index in [4.69, 9.17) is 18.9 Å². The molecule has 8 heteroatoms. The molecule has 10 atom stereocenters. The van der Waals surface area contributed by atoms with E-state index < -0.39 is 53.5 Å². The number of carbonyl (C=O) groups is 3. The lowest BCUT2D eigenvalue weighted by molar-refractivity contribution is -0.154. The van der Waals surface area contributed by atoms with Gasteiger partial charge in [-0.05, 0) is 36.3 Å². The highest BCUT2D eigenvalue weighted by atomic mass is 16.7. The van der Waals surface area contributed by atoms with E-state index in [2.05, 4.69) is 0 Å². The Kier molecular flexibility index (Phi) is 5.62. The van der Waals surface area contributed by atoms with Crippen LogP contribution in [0.4, 0.5) is 0 Å². The Hall–Kier alpha value is -1.77. The standard InChI is InChI=1S/C25H36O8/c1-11-9-25-22(32-15(5)27)12(2)10-24(25,33-25)21(29)13(3)19(31-14(4)26)16-17(23(16,6)7)20(30-8)18(11)28/h9,12-13,16-20,22,28H,10H2,1-8H3/b11-9+/t12-,13+,16-,17+,18+,19-,20?,22-,24-,25-/m1/s1. The van der Waals surface area contributed by atoms with Crippen molar-refractivity contribution in [3.63, 3.8) is 0 Å². The van der Waals surface area contributed by atoms with Gasteiger partial charge in [-0.25, -0.2) is 0 Å². The zero-order valence-electron chi connectivity index (χ0n) is 20.7. The fourth-order valence-electron chi connectivity index (χ4n) is 7.01. The second-order valence-corrected chi connectivity index (χ2v) is 11.1. The van der Waals surface area contributed by atoms with E-state index in [1.165, 1.54) is 13.8 Å². The Morgan fingerprint density at radius 2 is 1.67 bits per heavy atom. The molecule has 33 heavy (non-hydrogen) atoms. The fraction of sp³-hybridized carbons (Fsp3) is 0.800. The lowest BCUT2D eigenvalue weighted by Gasteiger charge is -2.27. The average molecular weight is 465 g/mol. The number of fused-ring (bicyclic) bond motifs is 1. The molecule has 0 aromatic carbocycles. The molecule has 0 radical (unpaired) electrons. The van der Waals surface area contributed by atoms with Crippen LogP contribution in [0.15, 0.2) is 11.6 Å². The van der Waals surface area contributed by atoms with Gasteiger partial charge in [-0.3, -0.25) is 14.4 Å². The van der Waals surface area contributed by atoms with Crippen LogP contribution in [0.1, 0.15) is 54.9 Å². The number of esters is 2. The molecule has 8 nitrogen and oxygen atoms in total. The Labute approximate surface area is 195 Å². The van der Waals surface area contributed by atoms with Gasteiger partial charge in [0.15, 0.2) is 17.0 Å². The first-order valence-electron chi connectivity index (χ1n) is 11.7. The number of hydrogen-bond donors (Lipinski definition) is 1. The van der Waals surface area contributed by atoms with Crippen LogP contribution in [0, 0.1) is 29.1 Å². The summed E-state index contributed by atoms with van der Waals surface area (Å²) in [5.74, 6) is -2.13. The lowest BCUT2D eigenvalue weighted by atomic mass is 9.80. The van der Waals surface area contributed by atoms with E-state index in [0.717, 1.165) is 0 Å². The first-order valence-corrected chi connectivity index (χ1v) is 11.7. The van der Waals surface area contributed by atoms with Crippen LogP contribution < -0.4 is 0 Å². The van der Waals surface area contributed by atoms with Crippen LogP contribution in [-0.4, -0.2) is 65.6 Å². The topological polar surface area (TPSA) is 112 Å². The lowest BCUT2D eigenvalue weighted by Crippen LogP contribution is -2.43. The number of ether oxygens (including phenoxy) is 4. The van der Waals surface area contributed by atoms with Gasteiger partial charge in [0.1, 0.15) is 18.3 Å². The number of aliphatic hydroxyl groups excluding tert-OH is 1. The summed E-state index contributed by atoms with van der Waals surface area (Å²) >= 11 is 0. The van der Waals surface area contributed by atoms with Crippen LogP contribution in [0.5, 0.6) is 0 Å². The summed E-state index contributed by atoms with van der Waals surface area (Å²) in [5.41, 5.74) is -2.05. The molecule has 0 aromatic heterocycles. The summed E-state index contributed by atoms with van der Waals surface area (Å²) < 4.78 is 23.4. The summed E-state index contributed by atoms with van der Waals surface area (Å²) in [6.07, 6.45) is -0.717. The molecule has 2 saturated carbocycles. The van der Waals surface area contributed by atoms with Crippen molar-refractivity contribution >= 4 is 17.7 Å². The molecule has 4 aliphatic rings. The minimum Gasteiger partial charge on any atom is -0.461 e. The largest absolute Gasteiger partial charge is 0.461 e. The summed E-state index contributed by atoms with van der Waals surface area (Å²) in [6.45, 7) is 12.3. The van der Waals surface area contributed by atoms with Crippen molar-refractivity contribution in [2.24, 2.45) is 29.1 Å². The third-order valence-electron chi connectivity index (χ3n) is 8.58. The average Bonchev–Trinajstić information content (AvgIpc) is 3.49. The Balaban J connectivity index is 1.86. The van der Waals surface area contributed by atoms with Crippen molar-refractivity contribution in [1.29, 1.82) is 0 Å². The fourth-order valence-corrected chi connectivity index (χ4v) is 7.01. The van der Waals surface area contributed by atoms with Crippen molar-refractivity contribution in [3.8, 4) is 0 Å². The maximum Gasteiger partial charge on any atom is 0.303 e. The highest BCUT2D eigenvalue weighted by Crippen LogP contribution is 2.68. The third-order valence-corrected chi connectivity index (χ3v) is 8.58. The minimum absolute atomic E-state index is 0.117. The number of rotatable bonds is 3. The maximum atomic E-state index is 14.0.